The summed E-state index contributed by atoms with van der Waals surface area (Å²) in [5, 5.41) is 0. The number of amides is 2. The number of hydrogen-bond acceptors (Lipinski definition) is 4. The fourth-order valence-electron chi connectivity index (χ4n) is 3.52. The first-order chi connectivity index (χ1) is 14.1. The normalized spacial score (nSPS) is 14.0. The van der Waals surface area contributed by atoms with Crippen molar-refractivity contribution < 1.29 is 14.3 Å². The van der Waals surface area contributed by atoms with Crippen LogP contribution in [-0.4, -0.2) is 41.8 Å². The molecule has 0 bridgehead atoms. The number of carbonyl (C=O) groups excluding carboxylic acids is 2. The molecule has 0 unspecified atom stereocenters. The molecule has 0 aromatic heterocycles. The maximum absolute atomic E-state index is 13.2. The Morgan fingerprint density at radius 2 is 1.62 bits per heavy atom. The topological polar surface area (TPSA) is 49.9 Å². The summed E-state index contributed by atoms with van der Waals surface area (Å²) in [4.78, 5) is 29.6. The number of hydrogen-bond donors (Lipinski definition) is 0. The zero-order chi connectivity index (χ0) is 20.8. The quantitative estimate of drug-likeness (QED) is 0.603. The molecule has 0 saturated heterocycles. The minimum atomic E-state index is -0.220. The molecule has 5 heteroatoms. The van der Waals surface area contributed by atoms with Crippen LogP contribution in [0.3, 0.4) is 0 Å². The van der Waals surface area contributed by atoms with E-state index in [1.165, 1.54) is 4.90 Å². The van der Waals surface area contributed by atoms with Crippen LogP contribution in [0.4, 0.5) is 0 Å². The van der Waals surface area contributed by atoms with Gasteiger partial charge in [0.05, 0.1) is 12.2 Å². The Bertz CT molecular complexity index is 888. The number of benzene rings is 2. The molecule has 2 aromatic rings. The van der Waals surface area contributed by atoms with E-state index < -0.39 is 0 Å². The SMILES string of the molecule is CCCCN1C(=O)C(c2ccc(OCC)cc2)=C(N(C)Cc2ccccc2)C1=O. The lowest BCUT2D eigenvalue weighted by Crippen LogP contribution is -2.34. The third kappa shape index (κ3) is 4.50. The highest BCUT2D eigenvalue weighted by Gasteiger charge is 2.40. The van der Waals surface area contributed by atoms with E-state index >= 15 is 0 Å². The van der Waals surface area contributed by atoms with Gasteiger partial charge in [0.25, 0.3) is 11.8 Å². The zero-order valence-corrected chi connectivity index (χ0v) is 17.4. The van der Waals surface area contributed by atoms with Crippen LogP contribution in [0.5, 0.6) is 5.75 Å². The van der Waals surface area contributed by atoms with Gasteiger partial charge in [0.2, 0.25) is 0 Å². The summed E-state index contributed by atoms with van der Waals surface area (Å²) in [6.45, 7) is 5.55. The summed E-state index contributed by atoms with van der Waals surface area (Å²) >= 11 is 0. The first-order valence-electron chi connectivity index (χ1n) is 10.2. The molecule has 3 rings (SSSR count). The number of likely N-dealkylation sites (N-methyl/N-ethyl adjacent to an activating group) is 1. The van der Waals surface area contributed by atoms with E-state index in [2.05, 4.69) is 0 Å². The molecule has 0 aliphatic carbocycles. The number of nitrogens with zero attached hydrogens (tertiary/aromatic N) is 2. The van der Waals surface area contributed by atoms with Crippen LogP contribution in [0, 0.1) is 0 Å². The standard InChI is InChI=1S/C24H28N2O3/c1-4-6-16-26-23(27)21(19-12-14-20(15-13-19)29-5-2)22(24(26)28)25(3)17-18-10-8-7-9-11-18/h7-15H,4-6,16-17H2,1-3H3. The predicted octanol–water partition coefficient (Wildman–Crippen LogP) is 4.10. The molecule has 1 aliphatic rings. The monoisotopic (exact) mass is 392 g/mol. The molecule has 0 N–H and O–H groups in total. The van der Waals surface area contributed by atoms with Crippen LogP contribution in [0.2, 0.25) is 0 Å². The van der Waals surface area contributed by atoms with Gasteiger partial charge in [-0.2, -0.15) is 0 Å². The largest absolute Gasteiger partial charge is 0.494 e. The van der Waals surface area contributed by atoms with Gasteiger partial charge in [-0.15, -0.1) is 0 Å². The molecule has 1 heterocycles. The van der Waals surface area contributed by atoms with Crippen LogP contribution in [0.1, 0.15) is 37.8 Å². The molecule has 0 atom stereocenters. The van der Waals surface area contributed by atoms with Crippen molar-refractivity contribution in [3.63, 3.8) is 0 Å². The lowest BCUT2D eigenvalue weighted by atomic mass is 10.0. The second-order valence-electron chi connectivity index (χ2n) is 7.14. The van der Waals surface area contributed by atoms with Crippen LogP contribution >= 0.6 is 0 Å². The molecule has 0 saturated carbocycles. The van der Waals surface area contributed by atoms with Gasteiger partial charge >= 0.3 is 0 Å². The highest BCUT2D eigenvalue weighted by Crippen LogP contribution is 2.32. The number of unbranched alkanes of at least 4 members (excludes halogenated alkanes) is 1. The molecule has 0 radical (unpaired) electrons. The van der Waals surface area contributed by atoms with Gasteiger partial charge in [0.1, 0.15) is 11.4 Å². The zero-order valence-electron chi connectivity index (χ0n) is 17.4. The summed E-state index contributed by atoms with van der Waals surface area (Å²) in [7, 11) is 1.87. The molecule has 29 heavy (non-hydrogen) atoms. The van der Waals surface area contributed by atoms with Crippen molar-refractivity contribution in [2.45, 2.75) is 33.2 Å². The Kier molecular flexibility index (Phi) is 6.70. The van der Waals surface area contributed by atoms with E-state index in [1.807, 2.05) is 80.4 Å². The van der Waals surface area contributed by atoms with Gasteiger partial charge in [-0.05, 0) is 36.6 Å². The molecule has 152 valence electrons. The molecule has 1 aliphatic heterocycles. The van der Waals surface area contributed by atoms with Gasteiger partial charge < -0.3 is 9.64 Å². The highest BCUT2D eigenvalue weighted by molar-refractivity contribution is 6.35. The molecular formula is C24H28N2O3. The van der Waals surface area contributed by atoms with E-state index in [0.717, 1.165) is 29.7 Å². The summed E-state index contributed by atoms with van der Waals surface area (Å²) in [6.07, 6.45) is 1.72. The van der Waals surface area contributed by atoms with Crippen molar-refractivity contribution in [2.24, 2.45) is 0 Å². The van der Waals surface area contributed by atoms with Crippen molar-refractivity contribution in [3.8, 4) is 5.75 Å². The molecular weight excluding hydrogens is 364 g/mol. The van der Waals surface area contributed by atoms with Crippen molar-refractivity contribution in [3.05, 3.63) is 71.4 Å². The van der Waals surface area contributed by atoms with Gasteiger partial charge in [0, 0.05) is 20.1 Å². The van der Waals surface area contributed by atoms with Crippen LogP contribution < -0.4 is 4.74 Å². The number of rotatable bonds is 9. The number of carbonyl (C=O) groups is 2. The van der Waals surface area contributed by atoms with E-state index in [0.29, 0.717) is 31.0 Å². The van der Waals surface area contributed by atoms with Gasteiger partial charge in [-0.3, -0.25) is 14.5 Å². The van der Waals surface area contributed by atoms with Crippen molar-refractivity contribution >= 4 is 17.4 Å². The third-order valence-corrected chi connectivity index (χ3v) is 4.98. The van der Waals surface area contributed by atoms with Crippen LogP contribution in [0.25, 0.3) is 5.57 Å². The second-order valence-corrected chi connectivity index (χ2v) is 7.14. The molecule has 2 amide bonds. The maximum atomic E-state index is 13.2. The van der Waals surface area contributed by atoms with Gasteiger partial charge in [-0.25, -0.2) is 0 Å². The van der Waals surface area contributed by atoms with Gasteiger partial charge in [-0.1, -0.05) is 55.8 Å². The van der Waals surface area contributed by atoms with Crippen LogP contribution in [0.15, 0.2) is 60.3 Å². The predicted molar refractivity (Wildman–Crippen MR) is 114 cm³/mol. The van der Waals surface area contributed by atoms with Crippen molar-refractivity contribution in [1.82, 2.24) is 9.80 Å². The lowest BCUT2D eigenvalue weighted by Gasteiger charge is -2.21. The summed E-state index contributed by atoms with van der Waals surface area (Å²) in [5.74, 6) is 0.309. The third-order valence-electron chi connectivity index (χ3n) is 4.98. The Morgan fingerprint density at radius 1 is 0.931 bits per heavy atom. The first-order valence-corrected chi connectivity index (χ1v) is 10.2. The second kappa shape index (κ2) is 9.41. The van der Waals surface area contributed by atoms with E-state index in [1.54, 1.807) is 0 Å². The highest BCUT2D eigenvalue weighted by atomic mass is 16.5. The van der Waals surface area contributed by atoms with Crippen LogP contribution in [-0.2, 0) is 16.1 Å². The van der Waals surface area contributed by atoms with Crippen molar-refractivity contribution in [2.75, 3.05) is 20.2 Å². The Morgan fingerprint density at radius 3 is 2.24 bits per heavy atom. The summed E-state index contributed by atoms with van der Waals surface area (Å²) in [6, 6.07) is 17.3. The first kappa shape index (κ1) is 20.6. The Balaban J connectivity index is 1.98. The van der Waals surface area contributed by atoms with Gasteiger partial charge in [0.15, 0.2) is 0 Å². The average Bonchev–Trinajstić information content (AvgIpc) is 2.98. The van der Waals surface area contributed by atoms with Crippen molar-refractivity contribution in [1.29, 1.82) is 0 Å². The number of imide groups is 1. The fourth-order valence-corrected chi connectivity index (χ4v) is 3.52. The smallest absolute Gasteiger partial charge is 0.277 e. The lowest BCUT2D eigenvalue weighted by molar-refractivity contribution is -0.137. The minimum Gasteiger partial charge on any atom is -0.494 e. The van der Waals surface area contributed by atoms with E-state index in [4.69, 9.17) is 4.74 Å². The molecule has 0 fully saturated rings. The molecule has 2 aromatic carbocycles. The Labute approximate surface area is 172 Å². The Hall–Kier alpha value is -3.08. The maximum Gasteiger partial charge on any atom is 0.277 e. The summed E-state index contributed by atoms with van der Waals surface area (Å²) < 4.78 is 5.51. The fraction of sp³-hybridized carbons (Fsp3) is 0.333. The summed E-state index contributed by atoms with van der Waals surface area (Å²) in [5.41, 5.74) is 2.74. The molecule has 0 spiro atoms. The van der Waals surface area contributed by atoms with E-state index in [-0.39, 0.29) is 11.8 Å². The molecule has 5 nitrogen and oxygen atoms in total. The average molecular weight is 392 g/mol. The minimum absolute atomic E-state index is 0.217. The number of ether oxygens (including phenoxy) is 1. The van der Waals surface area contributed by atoms with E-state index in [9.17, 15) is 9.59 Å².